The molecule has 2 heterocycles. The molecule has 1 aromatic heterocycles. The number of nitrogens with zero attached hydrogens (tertiary/aromatic N) is 4. The van der Waals surface area contributed by atoms with Gasteiger partial charge in [-0.05, 0) is 54.5 Å². The van der Waals surface area contributed by atoms with Gasteiger partial charge in [0.2, 0.25) is 15.9 Å². The number of sulfonamides is 1. The van der Waals surface area contributed by atoms with Crippen LogP contribution in [0.2, 0.25) is 0 Å². The molecule has 0 saturated carbocycles. The minimum absolute atomic E-state index is 0.00758. The smallest absolute Gasteiger partial charge is 0.328 e. The fourth-order valence-electron chi connectivity index (χ4n) is 5.68. The Morgan fingerprint density at radius 3 is 2.29 bits per heavy atom. The molecule has 4 rings (SSSR count). The lowest BCUT2D eigenvalue weighted by atomic mass is 9.97. The van der Waals surface area contributed by atoms with Gasteiger partial charge in [0, 0.05) is 18.5 Å². The van der Waals surface area contributed by atoms with E-state index < -0.39 is 52.0 Å². The quantitative estimate of drug-likeness (QED) is 0.191. The summed E-state index contributed by atoms with van der Waals surface area (Å²) in [4.78, 5) is 47.4. The van der Waals surface area contributed by atoms with E-state index in [2.05, 4.69) is 10.3 Å². The molecular formula is C34H45N5O7S2. The summed E-state index contributed by atoms with van der Waals surface area (Å²) in [6.45, 7) is 8.74. The van der Waals surface area contributed by atoms with Crippen molar-refractivity contribution in [1.29, 1.82) is 0 Å². The van der Waals surface area contributed by atoms with Crippen molar-refractivity contribution >= 4 is 39.2 Å². The van der Waals surface area contributed by atoms with Crippen LogP contribution in [-0.2, 0) is 39.0 Å². The van der Waals surface area contributed by atoms with E-state index in [4.69, 9.17) is 0 Å². The van der Waals surface area contributed by atoms with E-state index in [1.165, 1.54) is 44.8 Å². The van der Waals surface area contributed by atoms with Gasteiger partial charge in [0.15, 0.2) is 0 Å². The molecule has 12 nitrogen and oxygen atoms in total. The number of rotatable bonds is 16. The number of hydrogen-bond acceptors (Lipinski definition) is 9. The Bertz CT molecular complexity index is 1660. The van der Waals surface area contributed by atoms with Gasteiger partial charge in [-0.1, -0.05) is 65.0 Å². The summed E-state index contributed by atoms with van der Waals surface area (Å²) in [6, 6.07) is 11.8. The zero-order chi connectivity index (χ0) is 35.2. The van der Waals surface area contributed by atoms with Gasteiger partial charge in [0.25, 0.3) is 5.91 Å². The van der Waals surface area contributed by atoms with Gasteiger partial charge in [-0.2, -0.15) is 4.31 Å². The van der Waals surface area contributed by atoms with Crippen LogP contribution in [0.3, 0.4) is 0 Å². The van der Waals surface area contributed by atoms with E-state index in [9.17, 15) is 33.0 Å². The number of carbonyl (C=O) groups excluding carboxylic acids is 3. The third-order valence-corrected chi connectivity index (χ3v) is 11.0. The highest BCUT2D eigenvalue weighted by molar-refractivity contribution is 7.89. The number of amides is 4. The molecular weight excluding hydrogens is 655 g/mol. The minimum Gasteiger partial charge on any atom is -0.508 e. The SMILES string of the molecule is CCc1nc(CN2C(=O)CN([C@H](C(=O)N[C@@H](Cc3ccccc3)[C@@H](O)CN(CC(C)C)S(=O)(=O)c3ccc(O)cc3)C(C)C)C2=O)cs1. The molecule has 48 heavy (non-hydrogen) atoms. The number of urea groups is 1. The Kier molecular flexibility index (Phi) is 12.4. The van der Waals surface area contributed by atoms with Crippen LogP contribution in [0.1, 0.15) is 50.9 Å². The number of aryl methyl sites for hydroxylation is 1. The molecule has 0 bridgehead atoms. The second kappa shape index (κ2) is 16.0. The number of imide groups is 1. The first-order chi connectivity index (χ1) is 22.7. The molecule has 1 aliphatic rings. The van der Waals surface area contributed by atoms with Crippen LogP contribution in [0.5, 0.6) is 5.75 Å². The number of nitrogens with one attached hydrogen (secondary N) is 1. The topological polar surface area (TPSA) is 160 Å². The summed E-state index contributed by atoms with van der Waals surface area (Å²) in [5, 5.41) is 27.0. The molecule has 4 amide bonds. The molecule has 260 valence electrons. The van der Waals surface area contributed by atoms with Crippen molar-refractivity contribution in [3.8, 4) is 5.75 Å². The molecule has 2 aromatic carbocycles. The van der Waals surface area contributed by atoms with Gasteiger partial charge in [-0.3, -0.25) is 14.5 Å². The average molecular weight is 700 g/mol. The molecule has 0 unspecified atom stereocenters. The average Bonchev–Trinajstić information content (AvgIpc) is 3.60. The maximum atomic E-state index is 14.0. The van der Waals surface area contributed by atoms with Crippen LogP contribution in [0.4, 0.5) is 4.79 Å². The summed E-state index contributed by atoms with van der Waals surface area (Å²) < 4.78 is 28.6. The molecule has 1 fully saturated rings. The van der Waals surface area contributed by atoms with Gasteiger partial charge >= 0.3 is 6.03 Å². The molecule has 3 N–H and O–H groups in total. The first-order valence-corrected chi connectivity index (χ1v) is 18.4. The monoisotopic (exact) mass is 699 g/mol. The molecule has 3 atom stereocenters. The Balaban J connectivity index is 1.58. The second-order valence-electron chi connectivity index (χ2n) is 12.7. The number of benzene rings is 2. The van der Waals surface area contributed by atoms with Crippen molar-refractivity contribution in [3.05, 3.63) is 76.2 Å². The molecule has 0 radical (unpaired) electrons. The fourth-order valence-corrected chi connectivity index (χ4v) is 8.04. The van der Waals surface area contributed by atoms with E-state index in [0.717, 1.165) is 21.9 Å². The lowest BCUT2D eigenvalue weighted by Gasteiger charge is -2.34. The van der Waals surface area contributed by atoms with Gasteiger partial charge in [0.1, 0.15) is 18.3 Å². The van der Waals surface area contributed by atoms with Crippen molar-refractivity contribution in [2.45, 2.75) is 77.1 Å². The first-order valence-electron chi connectivity index (χ1n) is 16.1. The number of aliphatic hydroxyl groups excluding tert-OH is 1. The normalized spacial score (nSPS) is 15.9. The maximum Gasteiger partial charge on any atom is 0.328 e. The third-order valence-electron chi connectivity index (χ3n) is 8.07. The van der Waals surface area contributed by atoms with Crippen molar-refractivity contribution in [2.24, 2.45) is 11.8 Å². The highest BCUT2D eigenvalue weighted by Gasteiger charge is 2.44. The van der Waals surface area contributed by atoms with Crippen molar-refractivity contribution in [1.82, 2.24) is 24.4 Å². The van der Waals surface area contributed by atoms with Crippen LogP contribution in [0.25, 0.3) is 0 Å². The maximum absolute atomic E-state index is 14.0. The van der Waals surface area contributed by atoms with Crippen LogP contribution in [0.15, 0.2) is 64.9 Å². The molecule has 0 spiro atoms. The van der Waals surface area contributed by atoms with Gasteiger partial charge in [-0.15, -0.1) is 11.3 Å². The van der Waals surface area contributed by atoms with E-state index in [1.807, 2.05) is 56.5 Å². The molecule has 14 heteroatoms. The molecule has 0 aliphatic carbocycles. The fraction of sp³-hybridized carbons (Fsp3) is 0.471. The Hall–Kier alpha value is -3.85. The van der Waals surface area contributed by atoms with E-state index >= 15 is 0 Å². The van der Waals surface area contributed by atoms with Crippen LogP contribution < -0.4 is 5.32 Å². The van der Waals surface area contributed by atoms with Crippen molar-refractivity contribution < 1.29 is 33.0 Å². The summed E-state index contributed by atoms with van der Waals surface area (Å²) in [5.41, 5.74) is 1.40. The van der Waals surface area contributed by atoms with Crippen LogP contribution in [-0.4, -0.2) is 93.4 Å². The first kappa shape index (κ1) is 37.0. The number of hydrogen-bond donors (Lipinski definition) is 3. The van der Waals surface area contributed by atoms with Crippen molar-refractivity contribution in [2.75, 3.05) is 19.6 Å². The number of aromatic nitrogens is 1. The number of aliphatic hydroxyl groups is 1. The zero-order valence-corrected chi connectivity index (χ0v) is 29.6. The van der Waals surface area contributed by atoms with E-state index in [-0.39, 0.29) is 49.2 Å². The minimum atomic E-state index is -4.08. The Labute approximate surface area is 286 Å². The summed E-state index contributed by atoms with van der Waals surface area (Å²) in [6.07, 6.45) is -0.435. The lowest BCUT2D eigenvalue weighted by molar-refractivity contribution is -0.129. The predicted octanol–water partition coefficient (Wildman–Crippen LogP) is 3.64. The van der Waals surface area contributed by atoms with Crippen LogP contribution >= 0.6 is 11.3 Å². The number of phenolic OH excluding ortho intramolecular Hbond substituents is 1. The van der Waals surface area contributed by atoms with E-state index in [0.29, 0.717) is 5.69 Å². The number of aromatic hydroxyl groups is 1. The van der Waals surface area contributed by atoms with E-state index in [1.54, 1.807) is 13.8 Å². The molecule has 3 aromatic rings. The van der Waals surface area contributed by atoms with Gasteiger partial charge < -0.3 is 20.4 Å². The second-order valence-corrected chi connectivity index (χ2v) is 15.6. The van der Waals surface area contributed by atoms with Crippen LogP contribution in [0, 0.1) is 11.8 Å². The highest BCUT2D eigenvalue weighted by Crippen LogP contribution is 2.24. The predicted molar refractivity (Wildman–Crippen MR) is 183 cm³/mol. The molecule has 1 saturated heterocycles. The highest BCUT2D eigenvalue weighted by atomic mass is 32.2. The summed E-state index contributed by atoms with van der Waals surface area (Å²) >= 11 is 1.46. The standard InChI is InChI=1S/C34H45N5O7S2/c1-6-30-35-25(21-47-30)18-38-31(42)20-39(34(38)44)32(23(4)5)33(43)36-28(16-24-10-8-7-9-11-24)29(41)19-37(17-22(2)3)48(45,46)27-14-12-26(40)13-15-27/h7-15,21-23,28-29,32,40-41H,6,16-20H2,1-5H3,(H,36,43)/t28-,29-,32-/m0/s1. The number of phenols is 1. The summed E-state index contributed by atoms with van der Waals surface area (Å²) in [7, 11) is -4.08. The van der Waals surface area contributed by atoms with Crippen molar-refractivity contribution in [3.63, 3.8) is 0 Å². The summed E-state index contributed by atoms with van der Waals surface area (Å²) in [5.74, 6) is -1.56. The Morgan fingerprint density at radius 1 is 1.04 bits per heavy atom. The Morgan fingerprint density at radius 2 is 1.71 bits per heavy atom. The third kappa shape index (κ3) is 8.98. The largest absolute Gasteiger partial charge is 0.508 e. The van der Waals surface area contributed by atoms with Gasteiger partial charge in [-0.25, -0.2) is 18.2 Å². The number of carbonyl (C=O) groups is 3. The molecule has 1 aliphatic heterocycles. The van der Waals surface area contributed by atoms with Gasteiger partial charge in [0.05, 0.1) is 34.3 Å². The lowest BCUT2D eigenvalue weighted by Crippen LogP contribution is -2.57. The number of thiazole rings is 1. The zero-order valence-electron chi connectivity index (χ0n) is 27.9.